The third-order valence-electron chi connectivity index (χ3n) is 5.72. The molecule has 1 aromatic carbocycles. The maximum atomic E-state index is 12.7. The lowest BCUT2D eigenvalue weighted by Gasteiger charge is -2.23. The Balaban J connectivity index is 1.39. The molecule has 0 aromatic heterocycles. The van der Waals surface area contributed by atoms with Gasteiger partial charge in [-0.1, -0.05) is 13.8 Å². The Labute approximate surface area is 152 Å². The molecule has 1 aromatic rings. The number of hydrogen-bond donors (Lipinski definition) is 1. The van der Waals surface area contributed by atoms with Gasteiger partial charge in [0.1, 0.15) is 6.10 Å². The van der Waals surface area contributed by atoms with Crippen LogP contribution >= 0.6 is 0 Å². The minimum atomic E-state index is -0.371. The minimum Gasteiger partial charge on any atom is -0.462 e. The fourth-order valence-electron chi connectivity index (χ4n) is 4.60. The summed E-state index contributed by atoms with van der Waals surface area (Å²) < 4.78 is 10.6. The number of amides is 1. The zero-order valence-electron chi connectivity index (χ0n) is 14.9. The molecule has 0 spiro atoms. The van der Waals surface area contributed by atoms with Crippen molar-refractivity contribution < 1.29 is 23.9 Å². The summed E-state index contributed by atoms with van der Waals surface area (Å²) >= 11 is 0. The second kappa shape index (κ2) is 6.41. The van der Waals surface area contributed by atoms with E-state index in [1.165, 1.54) is 0 Å². The highest BCUT2D eigenvalue weighted by molar-refractivity contribution is 5.97. The first-order chi connectivity index (χ1) is 12.4. The summed E-state index contributed by atoms with van der Waals surface area (Å²) in [5.41, 5.74) is 1.06. The highest BCUT2D eigenvalue weighted by Gasteiger charge is 2.63. The first-order valence-corrected chi connectivity index (χ1v) is 9.22. The predicted octanol–water partition coefficient (Wildman–Crippen LogP) is 2.64. The fraction of sp³-hybridized carbons (Fsp3) is 0.550. The van der Waals surface area contributed by atoms with E-state index >= 15 is 0 Å². The molecular weight excluding hydrogens is 334 g/mol. The molecule has 0 unspecified atom stereocenters. The molecule has 4 rings (SSSR count). The molecule has 5 atom stereocenters. The lowest BCUT2D eigenvalue weighted by molar-refractivity contribution is -0.145. The summed E-state index contributed by atoms with van der Waals surface area (Å²) in [7, 11) is 0. The van der Waals surface area contributed by atoms with E-state index in [2.05, 4.69) is 5.32 Å². The van der Waals surface area contributed by atoms with E-state index in [0.29, 0.717) is 17.9 Å². The highest BCUT2D eigenvalue weighted by atomic mass is 16.6. The van der Waals surface area contributed by atoms with E-state index in [1.54, 1.807) is 24.3 Å². The maximum absolute atomic E-state index is 12.7. The van der Waals surface area contributed by atoms with Gasteiger partial charge in [-0.05, 0) is 48.9 Å². The van der Waals surface area contributed by atoms with Crippen LogP contribution in [0.4, 0.5) is 5.69 Å². The van der Waals surface area contributed by atoms with Gasteiger partial charge in [-0.3, -0.25) is 9.59 Å². The van der Waals surface area contributed by atoms with E-state index in [9.17, 15) is 14.4 Å². The molecule has 2 bridgehead atoms. The second-order valence-electron chi connectivity index (χ2n) is 7.98. The SMILES string of the molecule is CC(C)COC(=O)c1ccc(NC(=O)[C@@H]2[C@@H]3C[C@@H]4[C@@H]2C(=O)O[C@@H]4C3)cc1. The normalized spacial score (nSPS) is 31.2. The van der Waals surface area contributed by atoms with Crippen LogP contribution in [0.25, 0.3) is 0 Å². The molecule has 3 fully saturated rings. The number of fused-ring (bicyclic) bond motifs is 1. The van der Waals surface area contributed by atoms with Gasteiger partial charge in [0.25, 0.3) is 0 Å². The van der Waals surface area contributed by atoms with Crippen LogP contribution in [0.5, 0.6) is 0 Å². The van der Waals surface area contributed by atoms with E-state index in [0.717, 1.165) is 12.8 Å². The number of carbonyl (C=O) groups is 3. The first-order valence-electron chi connectivity index (χ1n) is 9.22. The molecule has 6 heteroatoms. The van der Waals surface area contributed by atoms with Crippen molar-refractivity contribution in [1.82, 2.24) is 0 Å². The fourth-order valence-corrected chi connectivity index (χ4v) is 4.60. The van der Waals surface area contributed by atoms with E-state index < -0.39 is 0 Å². The van der Waals surface area contributed by atoms with Crippen LogP contribution in [0.3, 0.4) is 0 Å². The van der Waals surface area contributed by atoms with Crippen molar-refractivity contribution in [1.29, 1.82) is 0 Å². The number of anilines is 1. The van der Waals surface area contributed by atoms with Crippen LogP contribution in [0.1, 0.15) is 37.0 Å². The van der Waals surface area contributed by atoms with Crippen LogP contribution in [0, 0.1) is 29.6 Å². The molecular formula is C20H23NO5. The van der Waals surface area contributed by atoms with E-state index in [-0.39, 0.29) is 53.5 Å². The van der Waals surface area contributed by atoms with Crippen LogP contribution in [-0.2, 0) is 19.1 Å². The van der Waals surface area contributed by atoms with Crippen LogP contribution in [0.15, 0.2) is 24.3 Å². The Kier molecular flexibility index (Phi) is 4.21. The second-order valence-corrected chi connectivity index (χ2v) is 7.98. The van der Waals surface area contributed by atoms with Crippen LogP contribution in [0.2, 0.25) is 0 Å². The molecule has 3 aliphatic rings. The summed E-state index contributed by atoms with van der Waals surface area (Å²) in [5, 5.41) is 2.89. The number of carbonyl (C=O) groups excluding carboxylic acids is 3. The smallest absolute Gasteiger partial charge is 0.338 e. The average molecular weight is 357 g/mol. The summed E-state index contributed by atoms with van der Waals surface area (Å²) in [6, 6.07) is 6.65. The van der Waals surface area contributed by atoms with Crippen LogP contribution in [-0.4, -0.2) is 30.6 Å². The van der Waals surface area contributed by atoms with Crippen molar-refractivity contribution in [3.05, 3.63) is 29.8 Å². The lowest BCUT2D eigenvalue weighted by Crippen LogP contribution is -2.35. The minimum absolute atomic E-state index is 0.0256. The van der Waals surface area contributed by atoms with Gasteiger partial charge in [-0.25, -0.2) is 4.79 Å². The molecule has 2 aliphatic carbocycles. The zero-order valence-corrected chi connectivity index (χ0v) is 14.9. The van der Waals surface area contributed by atoms with Gasteiger partial charge in [0.2, 0.25) is 5.91 Å². The van der Waals surface area contributed by atoms with Gasteiger partial charge < -0.3 is 14.8 Å². The van der Waals surface area contributed by atoms with Crippen molar-refractivity contribution in [2.45, 2.75) is 32.8 Å². The van der Waals surface area contributed by atoms with Gasteiger partial charge in [0.15, 0.2) is 0 Å². The molecule has 1 heterocycles. The molecule has 6 nitrogen and oxygen atoms in total. The summed E-state index contributed by atoms with van der Waals surface area (Å²) in [6.45, 7) is 4.33. The third-order valence-corrected chi connectivity index (χ3v) is 5.72. The largest absolute Gasteiger partial charge is 0.462 e. The third kappa shape index (κ3) is 2.87. The van der Waals surface area contributed by atoms with Gasteiger partial charge >= 0.3 is 11.9 Å². The quantitative estimate of drug-likeness (QED) is 0.819. The Bertz CT molecular complexity index is 739. The van der Waals surface area contributed by atoms with Crippen molar-refractivity contribution in [3.63, 3.8) is 0 Å². The lowest BCUT2D eigenvalue weighted by atomic mass is 9.79. The summed E-state index contributed by atoms with van der Waals surface area (Å²) in [4.78, 5) is 36.7. The average Bonchev–Trinajstić information content (AvgIpc) is 3.22. The monoisotopic (exact) mass is 357 g/mol. The Morgan fingerprint density at radius 3 is 2.65 bits per heavy atom. The van der Waals surface area contributed by atoms with Gasteiger partial charge in [-0.2, -0.15) is 0 Å². The van der Waals surface area contributed by atoms with Gasteiger partial charge in [0, 0.05) is 11.6 Å². The van der Waals surface area contributed by atoms with Crippen molar-refractivity contribution >= 4 is 23.5 Å². The molecule has 1 aliphatic heterocycles. The van der Waals surface area contributed by atoms with E-state index in [1.807, 2.05) is 13.8 Å². The number of nitrogens with one attached hydrogen (secondary N) is 1. The molecule has 26 heavy (non-hydrogen) atoms. The maximum Gasteiger partial charge on any atom is 0.338 e. The molecule has 1 N–H and O–H groups in total. The van der Waals surface area contributed by atoms with Gasteiger partial charge in [-0.15, -0.1) is 0 Å². The molecule has 2 saturated carbocycles. The standard InChI is InChI=1S/C20H23NO5/c1-10(2)9-25-19(23)11-3-5-13(6-4-11)21-18(22)16-12-7-14-15(8-12)26-20(24)17(14)16/h3-6,10,12,14-17H,7-9H2,1-2H3,(H,21,22)/t12-,14+,15-,16-,17+/m1/s1. The Hall–Kier alpha value is -2.37. The molecule has 0 radical (unpaired) electrons. The molecule has 138 valence electrons. The van der Waals surface area contributed by atoms with Crippen LogP contribution < -0.4 is 5.32 Å². The number of ether oxygens (including phenoxy) is 2. The van der Waals surface area contributed by atoms with E-state index in [4.69, 9.17) is 9.47 Å². The summed E-state index contributed by atoms with van der Waals surface area (Å²) in [5.74, 6) is -0.595. The Morgan fingerprint density at radius 2 is 1.96 bits per heavy atom. The topological polar surface area (TPSA) is 81.7 Å². The predicted molar refractivity (Wildman–Crippen MR) is 93.3 cm³/mol. The highest BCUT2D eigenvalue weighted by Crippen LogP contribution is 2.57. The number of esters is 2. The number of hydrogen-bond acceptors (Lipinski definition) is 5. The first kappa shape index (κ1) is 17.1. The number of rotatable bonds is 5. The number of benzene rings is 1. The van der Waals surface area contributed by atoms with Crippen molar-refractivity contribution in [3.8, 4) is 0 Å². The molecule has 1 saturated heterocycles. The zero-order chi connectivity index (χ0) is 18.4. The Morgan fingerprint density at radius 1 is 1.23 bits per heavy atom. The van der Waals surface area contributed by atoms with Gasteiger partial charge in [0.05, 0.1) is 24.0 Å². The summed E-state index contributed by atoms with van der Waals surface area (Å²) in [6.07, 6.45) is 1.73. The molecule has 1 amide bonds. The van der Waals surface area contributed by atoms with Crippen molar-refractivity contribution in [2.24, 2.45) is 29.6 Å². The van der Waals surface area contributed by atoms with Crippen molar-refractivity contribution in [2.75, 3.05) is 11.9 Å².